The average molecular weight is 215 g/mol. The Balaban J connectivity index is 1.99. The maximum Gasteiger partial charge on any atom is 0.316 e. The van der Waals surface area contributed by atoms with E-state index in [2.05, 4.69) is 4.90 Å². The van der Waals surface area contributed by atoms with Crippen LogP contribution >= 0.6 is 0 Å². The van der Waals surface area contributed by atoms with E-state index in [1.54, 1.807) is 4.90 Å². The fraction of sp³-hybridized carbons (Fsp3) is 0.889. The number of primary amides is 1. The molecule has 0 radical (unpaired) electrons. The van der Waals surface area contributed by atoms with Gasteiger partial charge >= 0.3 is 6.03 Å². The van der Waals surface area contributed by atoms with Crippen molar-refractivity contribution in [3.8, 4) is 0 Å². The molecule has 0 aliphatic carbocycles. The first-order chi connectivity index (χ1) is 7.29. The fourth-order valence-electron chi connectivity index (χ4n) is 2.03. The third kappa shape index (κ3) is 2.39. The standard InChI is InChI=1S/C9H17N3O3/c10-9(13)12-3-6-15-7-8(12)11-1-4-14-5-2-11/h8H,1-7H2,(H2,10,13). The highest BCUT2D eigenvalue weighted by atomic mass is 16.5. The second-order valence-corrected chi connectivity index (χ2v) is 3.74. The van der Waals surface area contributed by atoms with Gasteiger partial charge < -0.3 is 20.1 Å². The number of rotatable bonds is 1. The van der Waals surface area contributed by atoms with Gasteiger partial charge in [0.05, 0.1) is 26.4 Å². The van der Waals surface area contributed by atoms with E-state index in [1.807, 2.05) is 0 Å². The van der Waals surface area contributed by atoms with Crippen LogP contribution in [0.3, 0.4) is 0 Å². The van der Waals surface area contributed by atoms with Crippen molar-refractivity contribution in [3.63, 3.8) is 0 Å². The van der Waals surface area contributed by atoms with E-state index in [0.717, 1.165) is 13.1 Å². The van der Waals surface area contributed by atoms with Gasteiger partial charge in [-0.1, -0.05) is 0 Å². The summed E-state index contributed by atoms with van der Waals surface area (Å²) >= 11 is 0. The molecule has 0 aromatic heterocycles. The molecule has 2 rings (SSSR count). The molecule has 2 aliphatic heterocycles. The van der Waals surface area contributed by atoms with Gasteiger partial charge in [0.2, 0.25) is 0 Å². The Morgan fingerprint density at radius 1 is 1.13 bits per heavy atom. The molecule has 2 heterocycles. The maximum atomic E-state index is 11.2. The lowest BCUT2D eigenvalue weighted by Crippen LogP contribution is -2.60. The summed E-state index contributed by atoms with van der Waals surface area (Å²) in [7, 11) is 0. The molecular formula is C9H17N3O3. The van der Waals surface area contributed by atoms with Gasteiger partial charge in [-0.3, -0.25) is 4.90 Å². The Kier molecular flexibility index (Phi) is 3.40. The molecule has 6 heteroatoms. The summed E-state index contributed by atoms with van der Waals surface area (Å²) in [6.07, 6.45) is -0.0138. The van der Waals surface area contributed by atoms with Gasteiger partial charge in [-0.2, -0.15) is 0 Å². The van der Waals surface area contributed by atoms with E-state index in [1.165, 1.54) is 0 Å². The van der Waals surface area contributed by atoms with E-state index in [0.29, 0.717) is 33.0 Å². The highest BCUT2D eigenvalue weighted by Gasteiger charge is 2.31. The van der Waals surface area contributed by atoms with Gasteiger partial charge in [-0.15, -0.1) is 0 Å². The van der Waals surface area contributed by atoms with Crippen LogP contribution in [-0.4, -0.2) is 68.1 Å². The average Bonchev–Trinajstić information content (AvgIpc) is 2.30. The molecule has 0 aromatic carbocycles. The van der Waals surface area contributed by atoms with Crippen molar-refractivity contribution < 1.29 is 14.3 Å². The molecule has 15 heavy (non-hydrogen) atoms. The van der Waals surface area contributed by atoms with E-state index in [-0.39, 0.29) is 12.2 Å². The lowest BCUT2D eigenvalue weighted by molar-refractivity contribution is -0.0834. The molecule has 2 amide bonds. The molecule has 86 valence electrons. The van der Waals surface area contributed by atoms with Crippen LogP contribution in [0.4, 0.5) is 4.79 Å². The number of hydrogen-bond acceptors (Lipinski definition) is 4. The first kappa shape index (κ1) is 10.7. The zero-order valence-electron chi connectivity index (χ0n) is 8.72. The number of amides is 2. The van der Waals surface area contributed by atoms with Gasteiger partial charge in [0.1, 0.15) is 6.17 Å². The summed E-state index contributed by atoms with van der Waals surface area (Å²) in [6, 6.07) is -0.366. The van der Waals surface area contributed by atoms with Crippen molar-refractivity contribution in [3.05, 3.63) is 0 Å². The van der Waals surface area contributed by atoms with E-state index in [9.17, 15) is 4.79 Å². The number of carbonyl (C=O) groups excluding carboxylic acids is 1. The van der Waals surface area contributed by atoms with Crippen LogP contribution in [0.25, 0.3) is 0 Å². The van der Waals surface area contributed by atoms with Crippen molar-refractivity contribution in [2.24, 2.45) is 5.73 Å². The largest absolute Gasteiger partial charge is 0.379 e. The maximum absolute atomic E-state index is 11.2. The number of carbonyl (C=O) groups is 1. The van der Waals surface area contributed by atoms with Crippen molar-refractivity contribution in [1.82, 2.24) is 9.80 Å². The van der Waals surface area contributed by atoms with Gasteiger partial charge in [-0.05, 0) is 0 Å². The summed E-state index contributed by atoms with van der Waals surface area (Å²) in [5.74, 6) is 0. The molecule has 2 fully saturated rings. The molecule has 1 atom stereocenters. The molecule has 2 saturated heterocycles. The van der Waals surface area contributed by atoms with Gasteiger partial charge in [0.15, 0.2) is 0 Å². The monoisotopic (exact) mass is 215 g/mol. The van der Waals surface area contributed by atoms with Crippen LogP contribution in [0.2, 0.25) is 0 Å². The molecule has 0 bridgehead atoms. The number of morpholine rings is 2. The van der Waals surface area contributed by atoms with E-state index >= 15 is 0 Å². The minimum absolute atomic E-state index is 0.0138. The Hall–Kier alpha value is -0.850. The highest BCUT2D eigenvalue weighted by Crippen LogP contribution is 2.13. The molecule has 2 aliphatic rings. The van der Waals surface area contributed by atoms with Crippen LogP contribution in [0.5, 0.6) is 0 Å². The minimum Gasteiger partial charge on any atom is -0.379 e. The van der Waals surface area contributed by atoms with Crippen LogP contribution in [-0.2, 0) is 9.47 Å². The van der Waals surface area contributed by atoms with Crippen molar-refractivity contribution in [2.45, 2.75) is 6.17 Å². The van der Waals surface area contributed by atoms with Crippen molar-refractivity contribution >= 4 is 6.03 Å². The molecule has 0 spiro atoms. The van der Waals surface area contributed by atoms with E-state index in [4.69, 9.17) is 15.2 Å². The second-order valence-electron chi connectivity index (χ2n) is 3.74. The lowest BCUT2D eigenvalue weighted by atomic mass is 10.3. The second kappa shape index (κ2) is 4.78. The quantitative estimate of drug-likeness (QED) is 0.612. The molecule has 1 unspecified atom stereocenters. The summed E-state index contributed by atoms with van der Waals surface area (Å²) < 4.78 is 10.7. The predicted octanol–water partition coefficient (Wildman–Crippen LogP) is -0.944. The predicted molar refractivity (Wildman–Crippen MR) is 53.3 cm³/mol. The Bertz CT molecular complexity index is 231. The Morgan fingerprint density at radius 2 is 1.80 bits per heavy atom. The molecule has 6 nitrogen and oxygen atoms in total. The van der Waals surface area contributed by atoms with Gasteiger partial charge in [-0.25, -0.2) is 4.79 Å². The first-order valence-corrected chi connectivity index (χ1v) is 5.24. The fourth-order valence-corrected chi connectivity index (χ4v) is 2.03. The minimum atomic E-state index is -0.366. The summed E-state index contributed by atoms with van der Waals surface area (Å²) in [6.45, 7) is 4.78. The highest BCUT2D eigenvalue weighted by molar-refractivity contribution is 5.72. The zero-order valence-corrected chi connectivity index (χ0v) is 8.72. The van der Waals surface area contributed by atoms with Crippen molar-refractivity contribution in [1.29, 1.82) is 0 Å². The van der Waals surface area contributed by atoms with Crippen molar-refractivity contribution in [2.75, 3.05) is 46.1 Å². The Labute approximate surface area is 88.9 Å². The number of nitrogens with two attached hydrogens (primary N) is 1. The first-order valence-electron chi connectivity index (χ1n) is 5.24. The summed E-state index contributed by atoms with van der Waals surface area (Å²) in [5.41, 5.74) is 5.34. The lowest BCUT2D eigenvalue weighted by Gasteiger charge is -2.42. The van der Waals surface area contributed by atoms with Crippen LogP contribution < -0.4 is 5.73 Å². The molecular weight excluding hydrogens is 198 g/mol. The number of hydrogen-bond donors (Lipinski definition) is 1. The third-order valence-corrected chi connectivity index (χ3v) is 2.85. The number of urea groups is 1. The number of ether oxygens (including phenoxy) is 2. The van der Waals surface area contributed by atoms with Gasteiger partial charge in [0.25, 0.3) is 0 Å². The van der Waals surface area contributed by atoms with Gasteiger partial charge in [0, 0.05) is 19.6 Å². The van der Waals surface area contributed by atoms with Crippen LogP contribution in [0.1, 0.15) is 0 Å². The third-order valence-electron chi connectivity index (χ3n) is 2.85. The zero-order chi connectivity index (χ0) is 10.7. The SMILES string of the molecule is NC(=O)N1CCOCC1N1CCOCC1. The normalized spacial score (nSPS) is 29.1. The number of nitrogens with zero attached hydrogens (tertiary/aromatic N) is 2. The molecule has 0 aromatic rings. The summed E-state index contributed by atoms with van der Waals surface area (Å²) in [4.78, 5) is 15.1. The Morgan fingerprint density at radius 3 is 2.47 bits per heavy atom. The molecule has 2 N–H and O–H groups in total. The topological polar surface area (TPSA) is 68.0 Å². The smallest absolute Gasteiger partial charge is 0.316 e. The molecule has 0 saturated carbocycles. The summed E-state index contributed by atoms with van der Waals surface area (Å²) in [5, 5.41) is 0. The van der Waals surface area contributed by atoms with Crippen LogP contribution in [0.15, 0.2) is 0 Å². The van der Waals surface area contributed by atoms with E-state index < -0.39 is 0 Å². The van der Waals surface area contributed by atoms with Crippen LogP contribution in [0, 0.1) is 0 Å².